The van der Waals surface area contributed by atoms with E-state index in [1.165, 1.54) is 11.1 Å². The van der Waals surface area contributed by atoms with E-state index in [0.29, 0.717) is 5.92 Å². The predicted molar refractivity (Wildman–Crippen MR) is 68.7 cm³/mol. The molecule has 0 aliphatic carbocycles. The van der Waals surface area contributed by atoms with E-state index in [1.54, 1.807) is 17.5 Å². The molecule has 0 spiro atoms. The van der Waals surface area contributed by atoms with Gasteiger partial charge in [0.2, 0.25) is 0 Å². The van der Waals surface area contributed by atoms with E-state index in [9.17, 15) is 0 Å². The van der Waals surface area contributed by atoms with Crippen molar-refractivity contribution in [1.29, 1.82) is 0 Å². The third-order valence-electron chi connectivity index (χ3n) is 2.61. The van der Waals surface area contributed by atoms with E-state index in [0.717, 1.165) is 13.1 Å². The van der Waals surface area contributed by atoms with Gasteiger partial charge in [0, 0.05) is 25.5 Å². The average molecular weight is 232 g/mol. The van der Waals surface area contributed by atoms with Crippen LogP contribution in [0.3, 0.4) is 0 Å². The average Bonchev–Trinajstić information content (AvgIpc) is 2.84. The molecule has 0 aromatic carbocycles. The summed E-state index contributed by atoms with van der Waals surface area (Å²) in [6, 6.07) is 6.26. The van der Waals surface area contributed by atoms with Gasteiger partial charge in [-0.3, -0.25) is 4.98 Å². The van der Waals surface area contributed by atoms with Gasteiger partial charge >= 0.3 is 0 Å². The molecule has 0 saturated heterocycles. The first kappa shape index (κ1) is 11.3. The van der Waals surface area contributed by atoms with Crippen molar-refractivity contribution in [2.24, 2.45) is 0 Å². The fraction of sp³-hybridized carbons (Fsp3) is 0.308. The molecule has 0 radical (unpaired) electrons. The molecule has 0 bridgehead atoms. The minimum absolute atomic E-state index is 0.572. The number of hydrogen-bond donors (Lipinski definition) is 1. The summed E-state index contributed by atoms with van der Waals surface area (Å²) in [6.45, 7) is 4.15. The zero-order valence-corrected chi connectivity index (χ0v) is 10.2. The highest BCUT2D eigenvalue weighted by Crippen LogP contribution is 2.17. The molecular formula is C13H16N2S. The van der Waals surface area contributed by atoms with Gasteiger partial charge in [-0.25, -0.2) is 0 Å². The highest BCUT2D eigenvalue weighted by atomic mass is 32.1. The Balaban J connectivity index is 1.76. The normalized spacial score (nSPS) is 12.6. The monoisotopic (exact) mass is 232 g/mol. The molecular weight excluding hydrogens is 216 g/mol. The summed E-state index contributed by atoms with van der Waals surface area (Å²) in [4.78, 5) is 4.09. The zero-order chi connectivity index (χ0) is 11.2. The second-order valence-electron chi connectivity index (χ2n) is 3.95. The van der Waals surface area contributed by atoms with Crippen LogP contribution in [-0.4, -0.2) is 11.5 Å². The smallest absolute Gasteiger partial charge is 0.0312 e. The van der Waals surface area contributed by atoms with E-state index >= 15 is 0 Å². The summed E-state index contributed by atoms with van der Waals surface area (Å²) < 4.78 is 0. The first-order chi connectivity index (χ1) is 7.86. The maximum absolute atomic E-state index is 4.09. The third-order valence-corrected chi connectivity index (χ3v) is 3.32. The molecule has 3 heteroatoms. The summed E-state index contributed by atoms with van der Waals surface area (Å²) in [5.74, 6) is 0.572. The van der Waals surface area contributed by atoms with E-state index in [1.807, 2.05) is 12.3 Å². The van der Waals surface area contributed by atoms with E-state index in [4.69, 9.17) is 0 Å². The van der Waals surface area contributed by atoms with Crippen molar-refractivity contribution in [2.45, 2.75) is 19.4 Å². The number of rotatable bonds is 5. The van der Waals surface area contributed by atoms with Crippen molar-refractivity contribution in [2.75, 3.05) is 6.54 Å². The predicted octanol–water partition coefficient (Wildman–Crippen LogP) is 3.04. The molecule has 0 amide bonds. The molecule has 84 valence electrons. The maximum Gasteiger partial charge on any atom is 0.0312 e. The van der Waals surface area contributed by atoms with Gasteiger partial charge in [-0.15, -0.1) is 0 Å². The van der Waals surface area contributed by atoms with Crippen LogP contribution in [0.5, 0.6) is 0 Å². The van der Waals surface area contributed by atoms with Gasteiger partial charge in [-0.2, -0.15) is 11.3 Å². The van der Waals surface area contributed by atoms with Crippen LogP contribution in [0.25, 0.3) is 0 Å². The Labute approximate surface area is 100 Å². The highest BCUT2D eigenvalue weighted by Gasteiger charge is 2.04. The fourth-order valence-corrected chi connectivity index (χ4v) is 2.39. The lowest BCUT2D eigenvalue weighted by Crippen LogP contribution is -2.19. The molecule has 1 unspecified atom stereocenters. The van der Waals surface area contributed by atoms with Gasteiger partial charge in [-0.05, 0) is 39.9 Å². The highest BCUT2D eigenvalue weighted by molar-refractivity contribution is 7.07. The van der Waals surface area contributed by atoms with Gasteiger partial charge in [-0.1, -0.05) is 13.0 Å². The van der Waals surface area contributed by atoms with Crippen LogP contribution < -0.4 is 5.32 Å². The Bertz CT molecular complexity index is 397. The van der Waals surface area contributed by atoms with Crippen LogP contribution >= 0.6 is 11.3 Å². The van der Waals surface area contributed by atoms with Gasteiger partial charge in [0.05, 0.1) is 0 Å². The van der Waals surface area contributed by atoms with Crippen molar-refractivity contribution in [3.63, 3.8) is 0 Å². The Morgan fingerprint density at radius 3 is 3.06 bits per heavy atom. The number of nitrogens with zero attached hydrogens (tertiary/aromatic N) is 1. The first-order valence-corrected chi connectivity index (χ1v) is 6.42. The third kappa shape index (κ3) is 3.15. The van der Waals surface area contributed by atoms with Gasteiger partial charge in [0.1, 0.15) is 0 Å². The van der Waals surface area contributed by atoms with Gasteiger partial charge < -0.3 is 5.32 Å². The number of thiophene rings is 1. The van der Waals surface area contributed by atoms with E-state index in [-0.39, 0.29) is 0 Å². The molecule has 2 aromatic heterocycles. The minimum atomic E-state index is 0.572. The number of hydrogen-bond acceptors (Lipinski definition) is 3. The minimum Gasteiger partial charge on any atom is -0.312 e. The maximum atomic E-state index is 4.09. The fourth-order valence-electron chi connectivity index (χ4n) is 1.61. The molecule has 2 nitrogen and oxygen atoms in total. The second kappa shape index (κ2) is 5.77. The molecule has 2 heterocycles. The van der Waals surface area contributed by atoms with Crippen LogP contribution in [0.15, 0.2) is 41.4 Å². The molecule has 2 rings (SSSR count). The topological polar surface area (TPSA) is 24.9 Å². The van der Waals surface area contributed by atoms with E-state index < -0.39 is 0 Å². The van der Waals surface area contributed by atoms with E-state index in [2.05, 4.69) is 40.1 Å². The van der Waals surface area contributed by atoms with Crippen LogP contribution in [-0.2, 0) is 6.54 Å². The molecule has 0 fully saturated rings. The first-order valence-electron chi connectivity index (χ1n) is 5.48. The zero-order valence-electron chi connectivity index (χ0n) is 9.39. The molecule has 1 N–H and O–H groups in total. The van der Waals surface area contributed by atoms with Crippen molar-refractivity contribution < 1.29 is 0 Å². The SMILES string of the molecule is CC(CNCc1cccnc1)c1ccsc1. The van der Waals surface area contributed by atoms with Gasteiger partial charge in [0.25, 0.3) is 0 Å². The largest absolute Gasteiger partial charge is 0.312 e. The van der Waals surface area contributed by atoms with Crippen molar-refractivity contribution in [1.82, 2.24) is 10.3 Å². The molecule has 0 saturated carbocycles. The van der Waals surface area contributed by atoms with Crippen molar-refractivity contribution >= 4 is 11.3 Å². The Morgan fingerprint density at radius 1 is 1.44 bits per heavy atom. The summed E-state index contributed by atoms with van der Waals surface area (Å²) in [5.41, 5.74) is 2.66. The standard InChI is InChI=1S/C13H16N2S/c1-11(13-4-6-16-10-13)7-15-9-12-3-2-5-14-8-12/h2-6,8,10-11,15H,7,9H2,1H3. The van der Waals surface area contributed by atoms with Crippen LogP contribution in [0.4, 0.5) is 0 Å². The lowest BCUT2D eigenvalue weighted by atomic mass is 10.1. The molecule has 0 aliphatic rings. The van der Waals surface area contributed by atoms with Gasteiger partial charge in [0.15, 0.2) is 0 Å². The van der Waals surface area contributed by atoms with Crippen LogP contribution in [0.1, 0.15) is 24.0 Å². The van der Waals surface area contributed by atoms with Crippen LogP contribution in [0, 0.1) is 0 Å². The summed E-state index contributed by atoms with van der Waals surface area (Å²) >= 11 is 1.76. The molecule has 1 atom stereocenters. The lowest BCUT2D eigenvalue weighted by molar-refractivity contribution is 0.615. The molecule has 0 aliphatic heterocycles. The Kier molecular flexibility index (Phi) is 4.08. The Morgan fingerprint density at radius 2 is 2.38 bits per heavy atom. The molecule has 2 aromatic rings. The number of nitrogens with one attached hydrogen (secondary N) is 1. The summed E-state index contributed by atoms with van der Waals surface area (Å²) in [6.07, 6.45) is 3.71. The molecule has 16 heavy (non-hydrogen) atoms. The van der Waals surface area contributed by atoms with Crippen LogP contribution in [0.2, 0.25) is 0 Å². The number of aromatic nitrogens is 1. The second-order valence-corrected chi connectivity index (χ2v) is 4.73. The number of pyridine rings is 1. The quantitative estimate of drug-likeness (QED) is 0.857. The summed E-state index contributed by atoms with van der Waals surface area (Å²) in [5, 5.41) is 7.80. The Hall–Kier alpha value is -1.19. The lowest BCUT2D eigenvalue weighted by Gasteiger charge is -2.10. The summed E-state index contributed by atoms with van der Waals surface area (Å²) in [7, 11) is 0. The van der Waals surface area contributed by atoms with Crippen molar-refractivity contribution in [3.05, 3.63) is 52.5 Å². The van der Waals surface area contributed by atoms with Crippen molar-refractivity contribution in [3.8, 4) is 0 Å².